The monoisotopic (exact) mass is 370 g/mol. The summed E-state index contributed by atoms with van der Waals surface area (Å²) in [5.41, 5.74) is 8.02. The number of ether oxygens (including phenoxy) is 1. The molecule has 5 nitrogen and oxygen atoms in total. The molecular weight excluding hydrogens is 348 g/mol. The zero-order valence-electron chi connectivity index (χ0n) is 16.5. The van der Waals surface area contributed by atoms with Gasteiger partial charge in [-0.25, -0.2) is 4.98 Å². The molecule has 0 radical (unpaired) electrons. The van der Waals surface area contributed by atoms with Crippen LogP contribution in [0.25, 0.3) is 27.9 Å². The summed E-state index contributed by atoms with van der Waals surface area (Å²) in [6.07, 6.45) is 7.65. The normalized spacial score (nSPS) is 11.8. The maximum absolute atomic E-state index is 5.45. The Labute approximate surface area is 164 Å². The summed E-state index contributed by atoms with van der Waals surface area (Å²) >= 11 is 0. The van der Waals surface area contributed by atoms with Crippen LogP contribution in [0.3, 0.4) is 0 Å². The van der Waals surface area contributed by atoms with Crippen LogP contribution in [-0.4, -0.2) is 26.9 Å². The van der Waals surface area contributed by atoms with E-state index in [-0.39, 0.29) is 0 Å². The first-order chi connectivity index (χ1) is 13.6. The van der Waals surface area contributed by atoms with Gasteiger partial charge in [-0.3, -0.25) is 9.67 Å². The van der Waals surface area contributed by atoms with Gasteiger partial charge in [0.2, 0.25) is 0 Å². The molecule has 2 aromatic carbocycles. The fourth-order valence-electron chi connectivity index (χ4n) is 3.39. The van der Waals surface area contributed by atoms with E-state index < -0.39 is 0 Å². The zero-order valence-corrected chi connectivity index (χ0v) is 16.5. The third kappa shape index (κ3) is 3.39. The molecule has 0 atom stereocenters. The van der Waals surface area contributed by atoms with Crippen molar-refractivity contribution in [2.45, 2.75) is 13.8 Å². The van der Waals surface area contributed by atoms with E-state index in [1.165, 1.54) is 0 Å². The van der Waals surface area contributed by atoms with Crippen LogP contribution in [0.4, 0.5) is 0 Å². The smallest absolute Gasteiger partial charge is 0.119 e. The predicted octanol–water partition coefficient (Wildman–Crippen LogP) is 4.80. The van der Waals surface area contributed by atoms with E-state index >= 15 is 0 Å². The maximum atomic E-state index is 5.45. The molecule has 0 aliphatic carbocycles. The van der Waals surface area contributed by atoms with Gasteiger partial charge in [-0.05, 0) is 60.4 Å². The van der Waals surface area contributed by atoms with Crippen LogP contribution in [0.1, 0.15) is 23.6 Å². The van der Waals surface area contributed by atoms with E-state index in [1.54, 1.807) is 24.2 Å². The molecule has 140 valence electrons. The zero-order chi connectivity index (χ0) is 19.7. The number of methoxy groups -OCH3 is 1. The van der Waals surface area contributed by atoms with Gasteiger partial charge in [0.1, 0.15) is 5.75 Å². The highest BCUT2D eigenvalue weighted by Gasteiger charge is 2.10. The van der Waals surface area contributed by atoms with E-state index in [4.69, 9.17) is 9.72 Å². The minimum Gasteiger partial charge on any atom is -0.497 e. The fraction of sp³-hybridized carbons (Fsp3) is 0.174. The second kappa shape index (κ2) is 7.27. The lowest BCUT2D eigenvalue weighted by Crippen LogP contribution is -1.94. The minimum absolute atomic E-state index is 0.817. The Bertz CT molecular complexity index is 1190. The molecule has 0 saturated carbocycles. The standard InChI is InChI=1S/C23H22N4O/c1-5-20(17-8-15(2)9-19(10-17)28-4)16-6-7-21-22(11-16)26-23(13-24-21)18-12-25-27(3)14-18/h5-14H,1-4H3. The van der Waals surface area contributed by atoms with Crippen LogP contribution in [-0.2, 0) is 7.05 Å². The first-order valence-electron chi connectivity index (χ1n) is 9.16. The van der Waals surface area contributed by atoms with Gasteiger partial charge < -0.3 is 4.74 Å². The van der Waals surface area contributed by atoms with Crippen molar-refractivity contribution in [1.29, 1.82) is 0 Å². The van der Waals surface area contributed by atoms with Crippen molar-refractivity contribution < 1.29 is 4.74 Å². The maximum Gasteiger partial charge on any atom is 0.119 e. The molecule has 0 saturated heterocycles. The van der Waals surface area contributed by atoms with Gasteiger partial charge in [-0.2, -0.15) is 5.10 Å². The molecule has 0 aliphatic heterocycles. The van der Waals surface area contributed by atoms with Crippen molar-refractivity contribution in [1.82, 2.24) is 19.7 Å². The van der Waals surface area contributed by atoms with Crippen molar-refractivity contribution in [3.63, 3.8) is 0 Å². The molecule has 2 heterocycles. The lowest BCUT2D eigenvalue weighted by atomic mass is 9.95. The van der Waals surface area contributed by atoms with Gasteiger partial charge >= 0.3 is 0 Å². The second-order valence-electron chi connectivity index (χ2n) is 6.80. The SMILES string of the molecule is CC=C(c1cc(C)cc(OC)c1)c1ccc2ncc(-c3cnn(C)c3)nc2c1. The Hall–Kier alpha value is -3.47. The number of nitrogens with zero attached hydrogens (tertiary/aromatic N) is 4. The largest absolute Gasteiger partial charge is 0.497 e. The van der Waals surface area contributed by atoms with Crippen LogP contribution in [0.5, 0.6) is 5.75 Å². The first kappa shape index (κ1) is 17.9. The average molecular weight is 370 g/mol. The number of hydrogen-bond donors (Lipinski definition) is 0. The van der Waals surface area contributed by atoms with Gasteiger partial charge in [-0.15, -0.1) is 0 Å². The van der Waals surface area contributed by atoms with Crippen molar-refractivity contribution in [3.05, 3.63) is 77.8 Å². The molecule has 0 N–H and O–H groups in total. The topological polar surface area (TPSA) is 52.8 Å². The second-order valence-corrected chi connectivity index (χ2v) is 6.80. The number of hydrogen-bond acceptors (Lipinski definition) is 4. The Morgan fingerprint density at radius 2 is 1.89 bits per heavy atom. The number of aromatic nitrogens is 4. The van der Waals surface area contributed by atoms with Crippen LogP contribution in [0, 0.1) is 6.92 Å². The average Bonchev–Trinajstić information content (AvgIpc) is 3.14. The molecule has 0 spiro atoms. The van der Waals surface area contributed by atoms with E-state index in [1.807, 2.05) is 32.3 Å². The van der Waals surface area contributed by atoms with Gasteiger partial charge in [0, 0.05) is 18.8 Å². The Morgan fingerprint density at radius 1 is 1.04 bits per heavy atom. The molecule has 4 aromatic rings. The molecule has 0 unspecified atom stereocenters. The Kier molecular flexibility index (Phi) is 4.65. The van der Waals surface area contributed by atoms with E-state index in [0.29, 0.717) is 0 Å². The molecule has 0 aliphatic rings. The van der Waals surface area contributed by atoms with Crippen LogP contribution in [0.15, 0.2) is 61.1 Å². The molecule has 4 rings (SSSR count). The van der Waals surface area contributed by atoms with Gasteiger partial charge in [0.25, 0.3) is 0 Å². The van der Waals surface area contributed by atoms with Crippen LogP contribution >= 0.6 is 0 Å². The highest BCUT2D eigenvalue weighted by molar-refractivity contribution is 5.87. The summed E-state index contributed by atoms with van der Waals surface area (Å²) < 4.78 is 7.21. The third-order valence-electron chi connectivity index (χ3n) is 4.74. The van der Waals surface area contributed by atoms with Crippen LogP contribution < -0.4 is 4.74 Å². The highest BCUT2D eigenvalue weighted by Crippen LogP contribution is 2.29. The third-order valence-corrected chi connectivity index (χ3v) is 4.74. The molecule has 0 amide bonds. The van der Waals surface area contributed by atoms with Gasteiger partial charge in [0.05, 0.1) is 36.2 Å². The molecule has 5 heteroatoms. The summed E-state index contributed by atoms with van der Waals surface area (Å²) in [6.45, 7) is 4.12. The minimum atomic E-state index is 0.817. The molecule has 0 fully saturated rings. The lowest BCUT2D eigenvalue weighted by molar-refractivity contribution is 0.414. The van der Waals surface area contributed by atoms with Crippen molar-refractivity contribution in [2.24, 2.45) is 7.05 Å². The Morgan fingerprint density at radius 3 is 2.61 bits per heavy atom. The first-order valence-corrected chi connectivity index (χ1v) is 9.16. The highest BCUT2D eigenvalue weighted by atomic mass is 16.5. The van der Waals surface area contributed by atoms with Gasteiger partial charge in [0.15, 0.2) is 0 Å². The number of fused-ring (bicyclic) bond motifs is 1. The Balaban J connectivity index is 1.80. The molecule has 28 heavy (non-hydrogen) atoms. The number of allylic oxidation sites excluding steroid dienone is 1. The summed E-state index contributed by atoms with van der Waals surface area (Å²) in [6, 6.07) is 12.4. The summed E-state index contributed by atoms with van der Waals surface area (Å²) in [5.74, 6) is 0.855. The summed E-state index contributed by atoms with van der Waals surface area (Å²) in [4.78, 5) is 9.38. The van der Waals surface area contributed by atoms with Crippen molar-refractivity contribution in [2.75, 3.05) is 7.11 Å². The summed E-state index contributed by atoms with van der Waals surface area (Å²) in [5, 5.41) is 4.22. The van der Waals surface area contributed by atoms with Crippen molar-refractivity contribution in [3.8, 4) is 17.0 Å². The summed E-state index contributed by atoms with van der Waals surface area (Å²) in [7, 11) is 3.59. The van der Waals surface area contributed by atoms with E-state index in [9.17, 15) is 0 Å². The molecule has 2 aromatic heterocycles. The number of aryl methyl sites for hydroxylation is 2. The number of benzene rings is 2. The quantitative estimate of drug-likeness (QED) is 0.518. The number of rotatable bonds is 4. The molecule has 0 bridgehead atoms. The fourth-order valence-corrected chi connectivity index (χ4v) is 3.39. The van der Waals surface area contributed by atoms with Crippen LogP contribution in [0.2, 0.25) is 0 Å². The van der Waals surface area contributed by atoms with E-state index in [0.717, 1.165) is 50.3 Å². The van der Waals surface area contributed by atoms with Crippen molar-refractivity contribution >= 4 is 16.6 Å². The van der Waals surface area contributed by atoms with Gasteiger partial charge in [-0.1, -0.05) is 18.2 Å². The lowest BCUT2D eigenvalue weighted by Gasteiger charge is -2.12. The van der Waals surface area contributed by atoms with E-state index in [2.05, 4.69) is 47.3 Å². The molecular formula is C23H22N4O. The predicted molar refractivity (Wildman–Crippen MR) is 112 cm³/mol.